The van der Waals surface area contributed by atoms with Crippen molar-refractivity contribution in [2.45, 2.75) is 44.6 Å². The van der Waals surface area contributed by atoms with E-state index < -0.39 is 5.41 Å². The summed E-state index contributed by atoms with van der Waals surface area (Å²) < 4.78 is 0. The van der Waals surface area contributed by atoms with Crippen LogP contribution in [0.1, 0.15) is 42.4 Å². The fraction of sp³-hybridized carbons (Fsp3) is 0.429. The summed E-state index contributed by atoms with van der Waals surface area (Å²) in [7, 11) is 0. The molecule has 1 amide bonds. The van der Waals surface area contributed by atoms with E-state index in [9.17, 15) is 9.90 Å². The Balaban J connectivity index is 1.92. The molecule has 25 heavy (non-hydrogen) atoms. The van der Waals surface area contributed by atoms with Gasteiger partial charge in [0, 0.05) is 25.5 Å². The summed E-state index contributed by atoms with van der Waals surface area (Å²) in [5.74, 6) is 0.133. The van der Waals surface area contributed by atoms with E-state index >= 15 is 0 Å². The number of pyridine rings is 1. The molecule has 1 aromatic carbocycles. The lowest BCUT2D eigenvalue weighted by Crippen LogP contribution is -2.46. The fourth-order valence-electron chi connectivity index (χ4n) is 3.94. The van der Waals surface area contributed by atoms with Gasteiger partial charge in [0.25, 0.3) is 0 Å². The standard InChI is InChI=1S/C21H26N2O2/c1-17-6-4-8-19(14-17)21(9-2-3-10-21)20(25)23(12-13-24)16-18-7-5-11-22-15-18/h4-8,11,14-15,24H,2-3,9-10,12-13,16H2,1H3. The van der Waals surface area contributed by atoms with Crippen LogP contribution in [-0.4, -0.2) is 34.0 Å². The second kappa shape index (κ2) is 7.79. The van der Waals surface area contributed by atoms with Gasteiger partial charge in [-0.1, -0.05) is 48.7 Å². The number of aromatic nitrogens is 1. The molecule has 132 valence electrons. The number of nitrogens with zero attached hydrogens (tertiary/aromatic N) is 2. The lowest BCUT2D eigenvalue weighted by atomic mass is 9.77. The largest absolute Gasteiger partial charge is 0.395 e. The number of aliphatic hydroxyl groups is 1. The first-order valence-electron chi connectivity index (χ1n) is 9.02. The number of rotatable bonds is 6. The molecule has 1 aromatic heterocycles. The van der Waals surface area contributed by atoms with E-state index in [0.29, 0.717) is 13.1 Å². The molecule has 1 saturated carbocycles. The van der Waals surface area contributed by atoms with Gasteiger partial charge in [-0.3, -0.25) is 9.78 Å². The third-order valence-electron chi connectivity index (χ3n) is 5.19. The monoisotopic (exact) mass is 338 g/mol. The summed E-state index contributed by atoms with van der Waals surface area (Å²) in [5, 5.41) is 9.50. The Morgan fingerprint density at radius 1 is 1.24 bits per heavy atom. The first kappa shape index (κ1) is 17.6. The van der Waals surface area contributed by atoms with E-state index in [1.54, 1.807) is 17.3 Å². The highest BCUT2D eigenvalue weighted by atomic mass is 16.3. The van der Waals surface area contributed by atoms with Gasteiger partial charge in [-0.05, 0) is 37.0 Å². The Bertz CT molecular complexity index is 709. The molecule has 1 fully saturated rings. The van der Waals surface area contributed by atoms with Crippen LogP contribution in [0.25, 0.3) is 0 Å². The molecule has 1 aliphatic rings. The Hall–Kier alpha value is -2.20. The van der Waals surface area contributed by atoms with Crippen LogP contribution in [0.4, 0.5) is 0 Å². The maximum atomic E-state index is 13.6. The molecular weight excluding hydrogens is 312 g/mol. The van der Waals surface area contributed by atoms with Crippen molar-refractivity contribution in [3.63, 3.8) is 0 Å². The van der Waals surface area contributed by atoms with E-state index in [1.165, 1.54) is 5.56 Å². The summed E-state index contributed by atoms with van der Waals surface area (Å²) in [6.07, 6.45) is 7.41. The molecule has 1 aliphatic carbocycles. The number of aliphatic hydroxyl groups excluding tert-OH is 1. The van der Waals surface area contributed by atoms with Gasteiger partial charge < -0.3 is 10.0 Å². The van der Waals surface area contributed by atoms with E-state index in [2.05, 4.69) is 30.1 Å². The van der Waals surface area contributed by atoms with Crippen LogP contribution < -0.4 is 0 Å². The minimum Gasteiger partial charge on any atom is -0.395 e. The molecule has 2 aromatic rings. The number of benzene rings is 1. The summed E-state index contributed by atoms with van der Waals surface area (Å²) in [4.78, 5) is 19.5. The lowest BCUT2D eigenvalue weighted by Gasteiger charge is -2.35. The Morgan fingerprint density at radius 3 is 2.68 bits per heavy atom. The molecule has 0 radical (unpaired) electrons. The third-order valence-corrected chi connectivity index (χ3v) is 5.19. The summed E-state index contributed by atoms with van der Waals surface area (Å²) in [5.41, 5.74) is 2.83. The van der Waals surface area contributed by atoms with Gasteiger partial charge in [0.15, 0.2) is 0 Å². The zero-order valence-corrected chi connectivity index (χ0v) is 14.8. The Kier molecular flexibility index (Phi) is 5.49. The highest BCUT2D eigenvalue weighted by Crippen LogP contribution is 2.43. The zero-order valence-electron chi connectivity index (χ0n) is 14.8. The molecule has 0 spiro atoms. The van der Waals surface area contributed by atoms with E-state index in [0.717, 1.165) is 36.8 Å². The van der Waals surface area contributed by atoms with Gasteiger partial charge in [-0.15, -0.1) is 0 Å². The lowest BCUT2D eigenvalue weighted by molar-refractivity contribution is -0.138. The van der Waals surface area contributed by atoms with Crippen LogP contribution >= 0.6 is 0 Å². The minimum atomic E-state index is -0.455. The maximum Gasteiger partial charge on any atom is 0.233 e. The third kappa shape index (κ3) is 3.74. The van der Waals surface area contributed by atoms with Crippen molar-refractivity contribution in [3.05, 3.63) is 65.5 Å². The number of hydrogen-bond donors (Lipinski definition) is 1. The van der Waals surface area contributed by atoms with Crippen molar-refractivity contribution < 1.29 is 9.90 Å². The number of carbonyl (C=O) groups is 1. The topological polar surface area (TPSA) is 53.4 Å². The van der Waals surface area contributed by atoms with Crippen LogP contribution in [-0.2, 0) is 16.8 Å². The number of carbonyl (C=O) groups excluding carboxylic acids is 1. The SMILES string of the molecule is Cc1cccc(C2(C(=O)N(CCO)Cc3cccnc3)CCCC2)c1. The van der Waals surface area contributed by atoms with E-state index in [1.807, 2.05) is 18.2 Å². The average Bonchev–Trinajstić information content (AvgIpc) is 3.13. The van der Waals surface area contributed by atoms with Gasteiger partial charge in [-0.2, -0.15) is 0 Å². The fourth-order valence-corrected chi connectivity index (χ4v) is 3.94. The Morgan fingerprint density at radius 2 is 2.04 bits per heavy atom. The summed E-state index contributed by atoms with van der Waals surface area (Å²) in [6, 6.07) is 12.2. The molecule has 0 bridgehead atoms. The normalized spacial score (nSPS) is 15.9. The smallest absolute Gasteiger partial charge is 0.233 e. The van der Waals surface area contributed by atoms with E-state index in [-0.39, 0.29) is 12.5 Å². The number of amides is 1. The number of aryl methyl sites for hydroxylation is 1. The van der Waals surface area contributed by atoms with Crippen molar-refractivity contribution in [1.29, 1.82) is 0 Å². The molecule has 4 nitrogen and oxygen atoms in total. The van der Waals surface area contributed by atoms with Gasteiger partial charge in [0.05, 0.1) is 12.0 Å². The first-order chi connectivity index (χ1) is 12.2. The zero-order chi connectivity index (χ0) is 17.7. The molecule has 0 unspecified atom stereocenters. The highest BCUT2D eigenvalue weighted by Gasteiger charge is 2.44. The van der Waals surface area contributed by atoms with E-state index in [4.69, 9.17) is 0 Å². The predicted octanol–water partition coefficient (Wildman–Crippen LogP) is 3.22. The van der Waals surface area contributed by atoms with Crippen molar-refractivity contribution in [2.24, 2.45) is 0 Å². The first-order valence-corrected chi connectivity index (χ1v) is 9.02. The van der Waals surface area contributed by atoms with Crippen LogP contribution in [0.2, 0.25) is 0 Å². The van der Waals surface area contributed by atoms with Crippen molar-refractivity contribution in [3.8, 4) is 0 Å². The minimum absolute atomic E-state index is 0.0318. The molecule has 1 heterocycles. The summed E-state index contributed by atoms with van der Waals surface area (Å²) in [6.45, 7) is 2.87. The number of hydrogen-bond acceptors (Lipinski definition) is 3. The molecule has 0 aliphatic heterocycles. The molecular formula is C21H26N2O2. The highest BCUT2D eigenvalue weighted by molar-refractivity contribution is 5.88. The molecule has 0 saturated heterocycles. The average molecular weight is 338 g/mol. The quantitative estimate of drug-likeness (QED) is 0.880. The van der Waals surface area contributed by atoms with Crippen LogP contribution in [0, 0.1) is 6.92 Å². The van der Waals surface area contributed by atoms with Crippen LogP contribution in [0.15, 0.2) is 48.8 Å². The van der Waals surface area contributed by atoms with Gasteiger partial charge in [0.2, 0.25) is 5.91 Å². The second-order valence-electron chi connectivity index (χ2n) is 6.97. The predicted molar refractivity (Wildman–Crippen MR) is 98.1 cm³/mol. The van der Waals surface area contributed by atoms with Gasteiger partial charge in [-0.25, -0.2) is 0 Å². The molecule has 0 atom stereocenters. The Labute approximate surface area is 149 Å². The van der Waals surface area contributed by atoms with Crippen LogP contribution in [0.3, 0.4) is 0 Å². The van der Waals surface area contributed by atoms with Crippen molar-refractivity contribution in [1.82, 2.24) is 9.88 Å². The molecule has 3 rings (SSSR count). The maximum absolute atomic E-state index is 13.6. The van der Waals surface area contributed by atoms with Gasteiger partial charge >= 0.3 is 0 Å². The molecule has 4 heteroatoms. The van der Waals surface area contributed by atoms with Gasteiger partial charge in [0.1, 0.15) is 0 Å². The second-order valence-corrected chi connectivity index (χ2v) is 6.97. The summed E-state index contributed by atoms with van der Waals surface area (Å²) >= 11 is 0. The molecule has 1 N–H and O–H groups in total. The van der Waals surface area contributed by atoms with Crippen molar-refractivity contribution >= 4 is 5.91 Å². The van der Waals surface area contributed by atoms with Crippen molar-refractivity contribution in [2.75, 3.05) is 13.2 Å². The van der Waals surface area contributed by atoms with Crippen LogP contribution in [0.5, 0.6) is 0 Å².